The molecule has 172 valence electrons. The summed E-state index contributed by atoms with van der Waals surface area (Å²) in [6.07, 6.45) is 0. The zero-order valence-electron chi connectivity index (χ0n) is 18.3. The Morgan fingerprint density at radius 2 is 1.41 bits per heavy atom. The molecule has 1 aliphatic heterocycles. The first kappa shape index (κ1) is 22.5. The number of ketones is 1. The molecule has 1 fully saturated rings. The summed E-state index contributed by atoms with van der Waals surface area (Å²) in [6, 6.07) is 17.4. The molecule has 0 spiro atoms. The number of methoxy groups -OCH3 is 2. The first-order valence-electron chi connectivity index (χ1n) is 10.2. The molecule has 0 aromatic heterocycles. The van der Waals surface area contributed by atoms with E-state index in [1.807, 2.05) is 0 Å². The van der Waals surface area contributed by atoms with E-state index < -0.39 is 22.7 Å². The predicted molar refractivity (Wildman–Crippen MR) is 124 cm³/mol. The maximum atomic E-state index is 13.1. The van der Waals surface area contributed by atoms with Crippen LogP contribution in [0.3, 0.4) is 0 Å². The van der Waals surface area contributed by atoms with Crippen LogP contribution in [-0.4, -0.2) is 35.9 Å². The number of hydrogen-bond acceptors (Lipinski definition) is 7. The molecule has 3 aromatic carbocycles. The number of anilines is 1. The number of hydrogen-bond donors (Lipinski definition) is 1. The van der Waals surface area contributed by atoms with Crippen LogP contribution in [0.1, 0.15) is 17.2 Å². The van der Waals surface area contributed by atoms with Crippen molar-refractivity contribution in [1.82, 2.24) is 0 Å². The molecule has 1 unspecified atom stereocenters. The van der Waals surface area contributed by atoms with E-state index in [9.17, 15) is 24.8 Å². The Bertz CT molecular complexity index is 1280. The quantitative estimate of drug-likeness (QED) is 0.192. The molecule has 3 aromatic rings. The minimum Gasteiger partial charge on any atom is -0.507 e. The lowest BCUT2D eigenvalue weighted by atomic mass is 9.95. The molecule has 9 nitrogen and oxygen atoms in total. The number of ether oxygens (including phenoxy) is 2. The first-order valence-corrected chi connectivity index (χ1v) is 10.2. The summed E-state index contributed by atoms with van der Waals surface area (Å²) in [4.78, 5) is 38.1. The maximum Gasteiger partial charge on any atom is 0.300 e. The van der Waals surface area contributed by atoms with E-state index in [1.165, 1.54) is 43.4 Å². The number of carbonyl (C=O) groups is 2. The average Bonchev–Trinajstić information content (AvgIpc) is 3.14. The lowest BCUT2D eigenvalue weighted by Crippen LogP contribution is -2.29. The van der Waals surface area contributed by atoms with Gasteiger partial charge in [-0.05, 0) is 66.2 Å². The number of aliphatic hydroxyl groups excluding tert-OH is 1. The Morgan fingerprint density at radius 1 is 0.882 bits per heavy atom. The van der Waals surface area contributed by atoms with Crippen molar-refractivity contribution in [2.45, 2.75) is 6.04 Å². The van der Waals surface area contributed by atoms with E-state index in [2.05, 4.69) is 0 Å². The van der Waals surface area contributed by atoms with Gasteiger partial charge in [-0.25, -0.2) is 0 Å². The number of rotatable bonds is 6. The van der Waals surface area contributed by atoms with Crippen LogP contribution < -0.4 is 14.4 Å². The summed E-state index contributed by atoms with van der Waals surface area (Å²) < 4.78 is 10.3. The van der Waals surface area contributed by atoms with Crippen molar-refractivity contribution >= 4 is 28.8 Å². The second kappa shape index (κ2) is 9.07. The van der Waals surface area contributed by atoms with Gasteiger partial charge >= 0.3 is 0 Å². The molecule has 0 radical (unpaired) electrons. The van der Waals surface area contributed by atoms with Crippen molar-refractivity contribution in [2.24, 2.45) is 0 Å². The molecule has 0 bridgehead atoms. The van der Waals surface area contributed by atoms with Crippen molar-refractivity contribution in [1.29, 1.82) is 0 Å². The van der Waals surface area contributed by atoms with Gasteiger partial charge in [-0.1, -0.05) is 0 Å². The molecule has 0 saturated carbocycles. The molecule has 34 heavy (non-hydrogen) atoms. The molecule has 1 atom stereocenters. The highest BCUT2D eigenvalue weighted by atomic mass is 16.6. The lowest BCUT2D eigenvalue weighted by molar-refractivity contribution is -0.384. The molecule has 0 aliphatic carbocycles. The van der Waals surface area contributed by atoms with E-state index in [-0.39, 0.29) is 17.0 Å². The monoisotopic (exact) mass is 460 g/mol. The van der Waals surface area contributed by atoms with Gasteiger partial charge in [0.2, 0.25) is 0 Å². The lowest BCUT2D eigenvalue weighted by Gasteiger charge is -2.25. The molecular formula is C25H20N2O7. The third-order valence-corrected chi connectivity index (χ3v) is 5.58. The van der Waals surface area contributed by atoms with Crippen molar-refractivity contribution in [3.8, 4) is 11.5 Å². The minimum absolute atomic E-state index is 0.125. The van der Waals surface area contributed by atoms with E-state index in [4.69, 9.17) is 9.47 Å². The second-order valence-electron chi connectivity index (χ2n) is 7.44. The Kier molecular flexibility index (Phi) is 6.01. The highest BCUT2D eigenvalue weighted by Gasteiger charge is 2.47. The van der Waals surface area contributed by atoms with Crippen LogP contribution in [0.2, 0.25) is 0 Å². The van der Waals surface area contributed by atoms with Crippen LogP contribution in [0.25, 0.3) is 5.76 Å². The fourth-order valence-corrected chi connectivity index (χ4v) is 3.84. The highest BCUT2D eigenvalue weighted by molar-refractivity contribution is 6.51. The number of nitro benzene ring substituents is 1. The molecular weight excluding hydrogens is 440 g/mol. The number of Topliss-reactive ketones (excluding diaryl/α,β-unsaturated/α-hetero) is 1. The number of aliphatic hydroxyl groups is 1. The molecule has 1 heterocycles. The third-order valence-electron chi connectivity index (χ3n) is 5.58. The van der Waals surface area contributed by atoms with Crippen molar-refractivity contribution in [3.63, 3.8) is 0 Å². The summed E-state index contributed by atoms with van der Waals surface area (Å²) >= 11 is 0. The number of carbonyl (C=O) groups excluding carboxylic acids is 2. The molecule has 1 amide bonds. The van der Waals surface area contributed by atoms with Crippen molar-refractivity contribution in [2.75, 3.05) is 19.1 Å². The average molecular weight is 460 g/mol. The van der Waals surface area contributed by atoms with Gasteiger partial charge in [-0.2, -0.15) is 0 Å². The van der Waals surface area contributed by atoms with Crippen LogP contribution in [-0.2, 0) is 9.59 Å². The Morgan fingerprint density at radius 3 is 1.91 bits per heavy atom. The molecule has 9 heteroatoms. The van der Waals surface area contributed by atoms with Crippen LogP contribution >= 0.6 is 0 Å². The maximum absolute atomic E-state index is 13.1. The fraction of sp³-hybridized carbons (Fsp3) is 0.120. The number of amides is 1. The Labute approximate surface area is 194 Å². The summed E-state index contributed by atoms with van der Waals surface area (Å²) in [5.41, 5.74) is 0.885. The van der Waals surface area contributed by atoms with Gasteiger partial charge in [0.15, 0.2) is 0 Å². The zero-order valence-corrected chi connectivity index (χ0v) is 18.3. The summed E-state index contributed by atoms with van der Waals surface area (Å²) in [7, 11) is 3.01. The van der Waals surface area contributed by atoms with Crippen LogP contribution in [0, 0.1) is 10.1 Å². The van der Waals surface area contributed by atoms with Gasteiger partial charge in [0.1, 0.15) is 17.3 Å². The fourth-order valence-electron chi connectivity index (χ4n) is 3.84. The van der Waals surface area contributed by atoms with Crippen LogP contribution in [0.15, 0.2) is 78.4 Å². The summed E-state index contributed by atoms with van der Waals surface area (Å²) in [5, 5.41) is 22.2. The van der Waals surface area contributed by atoms with Gasteiger partial charge < -0.3 is 14.6 Å². The number of nitro groups is 1. The van der Waals surface area contributed by atoms with E-state index in [1.54, 1.807) is 48.5 Å². The van der Waals surface area contributed by atoms with Crippen molar-refractivity contribution in [3.05, 3.63) is 99.6 Å². The smallest absolute Gasteiger partial charge is 0.300 e. The third kappa shape index (κ3) is 3.95. The predicted octanol–water partition coefficient (Wildman–Crippen LogP) is 4.24. The van der Waals surface area contributed by atoms with Crippen LogP contribution in [0.5, 0.6) is 11.5 Å². The van der Waals surface area contributed by atoms with Crippen LogP contribution in [0.4, 0.5) is 11.4 Å². The minimum atomic E-state index is -1.00. The first-order chi connectivity index (χ1) is 16.3. The number of non-ortho nitro benzene ring substituents is 1. The van der Waals surface area contributed by atoms with E-state index in [0.29, 0.717) is 28.3 Å². The Balaban J connectivity index is 1.89. The zero-order chi connectivity index (χ0) is 24.4. The topological polar surface area (TPSA) is 119 Å². The molecule has 4 rings (SSSR count). The normalized spacial score (nSPS) is 17.0. The van der Waals surface area contributed by atoms with Gasteiger partial charge in [0.25, 0.3) is 17.4 Å². The SMILES string of the molecule is COc1ccc(/C(O)=C2/C(=O)C(=O)N(c3ccc(OC)cc3)C2c2ccc([N+](=O)[O-])cc2)cc1. The summed E-state index contributed by atoms with van der Waals surface area (Å²) in [6.45, 7) is 0. The number of nitrogens with zero attached hydrogens (tertiary/aromatic N) is 2. The molecule has 1 N–H and O–H groups in total. The number of benzene rings is 3. The Hall–Kier alpha value is -4.66. The second-order valence-corrected chi connectivity index (χ2v) is 7.44. The largest absolute Gasteiger partial charge is 0.507 e. The highest BCUT2D eigenvalue weighted by Crippen LogP contribution is 2.42. The van der Waals surface area contributed by atoms with E-state index in [0.717, 1.165) is 0 Å². The standard InChI is InChI=1S/C25H20N2O7/c1-33-19-11-5-16(6-12-19)23(28)21-22(15-3-7-18(8-4-15)27(31)32)26(25(30)24(21)29)17-9-13-20(34-2)14-10-17/h3-14,22,28H,1-2H3/b23-21-. The molecule has 1 saturated heterocycles. The van der Waals surface area contributed by atoms with Gasteiger partial charge in [-0.3, -0.25) is 24.6 Å². The van der Waals surface area contributed by atoms with Gasteiger partial charge in [0, 0.05) is 23.4 Å². The van der Waals surface area contributed by atoms with Crippen molar-refractivity contribution < 1.29 is 29.1 Å². The van der Waals surface area contributed by atoms with Gasteiger partial charge in [0.05, 0.1) is 30.8 Å². The summed E-state index contributed by atoms with van der Waals surface area (Å²) in [5.74, 6) is -0.941. The van der Waals surface area contributed by atoms with E-state index >= 15 is 0 Å². The van der Waals surface area contributed by atoms with Gasteiger partial charge in [-0.15, -0.1) is 0 Å². The molecule has 1 aliphatic rings.